The van der Waals surface area contributed by atoms with Crippen LogP contribution in [-0.4, -0.2) is 41.9 Å². The summed E-state index contributed by atoms with van der Waals surface area (Å²) in [5.41, 5.74) is 1.48. The maximum atomic E-state index is 13.0. The number of nitrogens with zero attached hydrogens (tertiary/aromatic N) is 6. The minimum atomic E-state index is -0.436. The summed E-state index contributed by atoms with van der Waals surface area (Å²) in [6.45, 7) is -0.160. The van der Waals surface area contributed by atoms with Gasteiger partial charge in [0.1, 0.15) is 18.1 Å². The number of benzene rings is 2. The molecule has 30 heavy (non-hydrogen) atoms. The first-order valence-corrected chi connectivity index (χ1v) is 8.83. The first-order valence-electron chi connectivity index (χ1n) is 8.83. The molecule has 0 fully saturated rings. The number of para-hydroxylation sites is 1. The van der Waals surface area contributed by atoms with Gasteiger partial charge in [-0.25, -0.2) is 9.37 Å². The van der Waals surface area contributed by atoms with E-state index in [9.17, 15) is 14.0 Å². The van der Waals surface area contributed by atoms with E-state index in [1.54, 1.807) is 24.3 Å². The standard InChI is InChI=1S/C20H14FN7O2/c21-14-7-5-13(6-8-14)18(29)12-28-26-19(25-27-28)15-3-1-2-4-16(15)24-20(30)17-11-22-9-10-23-17/h1-11H,12H2,(H,24,30). The fourth-order valence-corrected chi connectivity index (χ4v) is 2.66. The Hall–Kier alpha value is -4.34. The summed E-state index contributed by atoms with van der Waals surface area (Å²) in [4.78, 5) is 33.7. The lowest BCUT2D eigenvalue weighted by Gasteiger charge is -2.08. The predicted molar refractivity (Wildman–Crippen MR) is 104 cm³/mol. The molecule has 2 heterocycles. The highest BCUT2D eigenvalue weighted by Gasteiger charge is 2.16. The fraction of sp³-hybridized carbons (Fsp3) is 0.0500. The molecular formula is C20H14FN7O2. The molecule has 0 aliphatic rings. The molecule has 0 aliphatic heterocycles. The number of nitrogens with one attached hydrogen (secondary N) is 1. The Morgan fingerprint density at radius 3 is 2.60 bits per heavy atom. The van der Waals surface area contributed by atoms with Gasteiger partial charge in [0.25, 0.3) is 5.91 Å². The van der Waals surface area contributed by atoms with Crippen LogP contribution in [0.3, 0.4) is 0 Å². The van der Waals surface area contributed by atoms with Crippen molar-refractivity contribution in [3.8, 4) is 11.4 Å². The van der Waals surface area contributed by atoms with E-state index in [0.29, 0.717) is 16.8 Å². The summed E-state index contributed by atoms with van der Waals surface area (Å²) >= 11 is 0. The van der Waals surface area contributed by atoms with Crippen molar-refractivity contribution in [3.05, 3.63) is 84.2 Å². The molecule has 0 bridgehead atoms. The molecule has 0 radical (unpaired) electrons. The van der Waals surface area contributed by atoms with Crippen molar-refractivity contribution < 1.29 is 14.0 Å². The molecule has 0 saturated carbocycles. The average Bonchev–Trinajstić information content (AvgIpc) is 3.23. The molecule has 1 amide bonds. The normalized spacial score (nSPS) is 10.6. The first-order chi connectivity index (χ1) is 14.6. The molecular weight excluding hydrogens is 389 g/mol. The highest BCUT2D eigenvalue weighted by atomic mass is 19.1. The third kappa shape index (κ3) is 4.22. The molecule has 0 unspecified atom stereocenters. The van der Waals surface area contributed by atoms with Crippen molar-refractivity contribution in [2.24, 2.45) is 0 Å². The number of amides is 1. The number of hydrogen-bond donors (Lipinski definition) is 1. The van der Waals surface area contributed by atoms with Gasteiger partial charge in [0.05, 0.1) is 11.9 Å². The first kappa shape index (κ1) is 19.0. The number of rotatable bonds is 6. The average molecular weight is 403 g/mol. The van der Waals surface area contributed by atoms with Crippen molar-refractivity contribution in [3.63, 3.8) is 0 Å². The Morgan fingerprint density at radius 2 is 1.83 bits per heavy atom. The van der Waals surface area contributed by atoms with E-state index in [0.717, 1.165) is 4.80 Å². The maximum Gasteiger partial charge on any atom is 0.275 e. The largest absolute Gasteiger partial charge is 0.320 e. The summed E-state index contributed by atoms with van der Waals surface area (Å²) in [6, 6.07) is 12.1. The molecule has 0 atom stereocenters. The van der Waals surface area contributed by atoms with E-state index >= 15 is 0 Å². The van der Waals surface area contributed by atoms with E-state index < -0.39 is 11.7 Å². The number of ketones is 1. The van der Waals surface area contributed by atoms with Crippen LogP contribution in [0.15, 0.2) is 67.1 Å². The summed E-state index contributed by atoms with van der Waals surface area (Å²) in [6.07, 6.45) is 4.25. The van der Waals surface area contributed by atoms with Crippen LogP contribution in [0.25, 0.3) is 11.4 Å². The number of hydrogen-bond acceptors (Lipinski definition) is 7. The Morgan fingerprint density at radius 1 is 1.03 bits per heavy atom. The number of aromatic nitrogens is 6. The zero-order chi connectivity index (χ0) is 20.9. The second-order valence-electron chi connectivity index (χ2n) is 6.16. The second kappa shape index (κ2) is 8.35. The van der Waals surface area contributed by atoms with Gasteiger partial charge in [-0.3, -0.25) is 14.6 Å². The number of anilines is 1. The number of halogens is 1. The lowest BCUT2D eigenvalue weighted by Crippen LogP contribution is -2.14. The van der Waals surface area contributed by atoms with Gasteiger partial charge in [0, 0.05) is 23.5 Å². The van der Waals surface area contributed by atoms with Gasteiger partial charge in [-0.2, -0.15) is 4.80 Å². The van der Waals surface area contributed by atoms with Crippen LogP contribution < -0.4 is 5.32 Å². The molecule has 0 aliphatic carbocycles. The molecule has 9 nitrogen and oxygen atoms in total. The van der Waals surface area contributed by atoms with Gasteiger partial charge in [-0.1, -0.05) is 12.1 Å². The lowest BCUT2D eigenvalue weighted by molar-refractivity contribution is 0.0960. The van der Waals surface area contributed by atoms with Crippen LogP contribution in [0.4, 0.5) is 10.1 Å². The topological polar surface area (TPSA) is 116 Å². The van der Waals surface area contributed by atoms with Crippen molar-refractivity contribution in [1.29, 1.82) is 0 Å². The monoisotopic (exact) mass is 403 g/mol. The molecule has 0 spiro atoms. The summed E-state index contributed by atoms with van der Waals surface area (Å²) in [7, 11) is 0. The summed E-state index contributed by atoms with van der Waals surface area (Å²) < 4.78 is 13.0. The van der Waals surface area contributed by atoms with Gasteiger partial charge in [-0.15, -0.1) is 10.2 Å². The minimum absolute atomic E-state index is 0.160. The third-order valence-corrected chi connectivity index (χ3v) is 4.12. The van der Waals surface area contributed by atoms with Crippen LogP contribution in [-0.2, 0) is 6.54 Å². The molecule has 4 aromatic rings. The Bertz CT molecular complexity index is 1190. The van der Waals surface area contributed by atoms with Gasteiger partial charge < -0.3 is 5.32 Å². The molecule has 10 heteroatoms. The van der Waals surface area contributed by atoms with Crippen LogP contribution in [0.1, 0.15) is 20.8 Å². The van der Waals surface area contributed by atoms with E-state index in [1.165, 1.54) is 42.9 Å². The predicted octanol–water partition coefficient (Wildman–Crippen LogP) is 2.40. The molecule has 2 aromatic heterocycles. The minimum Gasteiger partial charge on any atom is -0.320 e. The molecule has 1 N–H and O–H groups in total. The number of carbonyl (C=O) groups is 2. The van der Waals surface area contributed by atoms with Gasteiger partial charge in [0.15, 0.2) is 5.78 Å². The number of Topliss-reactive ketones (excluding diaryl/α,β-unsaturated/α-hetero) is 1. The van der Waals surface area contributed by atoms with E-state index in [1.807, 2.05) is 0 Å². The van der Waals surface area contributed by atoms with Gasteiger partial charge in [-0.05, 0) is 41.6 Å². The van der Waals surface area contributed by atoms with Crippen LogP contribution in [0.5, 0.6) is 0 Å². The quantitative estimate of drug-likeness (QED) is 0.492. The van der Waals surface area contributed by atoms with E-state index in [2.05, 4.69) is 30.7 Å². The van der Waals surface area contributed by atoms with Crippen molar-refractivity contribution in [1.82, 2.24) is 30.2 Å². The van der Waals surface area contributed by atoms with Crippen LogP contribution >= 0.6 is 0 Å². The number of tetrazole rings is 1. The Balaban J connectivity index is 1.53. The Labute approximate surface area is 169 Å². The van der Waals surface area contributed by atoms with E-state index in [4.69, 9.17) is 0 Å². The SMILES string of the molecule is O=C(Cn1nnc(-c2ccccc2NC(=O)c2cnccn2)n1)c1ccc(F)cc1. The zero-order valence-electron chi connectivity index (χ0n) is 15.4. The smallest absolute Gasteiger partial charge is 0.275 e. The maximum absolute atomic E-state index is 13.0. The molecule has 0 saturated heterocycles. The zero-order valence-corrected chi connectivity index (χ0v) is 15.4. The summed E-state index contributed by atoms with van der Waals surface area (Å²) in [5, 5.41) is 14.8. The molecule has 2 aromatic carbocycles. The Kier molecular flexibility index (Phi) is 5.29. The molecule has 148 valence electrons. The highest BCUT2D eigenvalue weighted by molar-refractivity contribution is 6.04. The van der Waals surface area contributed by atoms with Gasteiger partial charge in [0.2, 0.25) is 5.82 Å². The van der Waals surface area contributed by atoms with Gasteiger partial charge >= 0.3 is 0 Å². The van der Waals surface area contributed by atoms with Crippen molar-refractivity contribution >= 4 is 17.4 Å². The van der Waals surface area contributed by atoms with Crippen LogP contribution in [0, 0.1) is 5.82 Å². The second-order valence-corrected chi connectivity index (χ2v) is 6.16. The van der Waals surface area contributed by atoms with Crippen molar-refractivity contribution in [2.75, 3.05) is 5.32 Å². The fourth-order valence-electron chi connectivity index (χ4n) is 2.66. The lowest BCUT2D eigenvalue weighted by atomic mass is 10.1. The highest BCUT2D eigenvalue weighted by Crippen LogP contribution is 2.24. The van der Waals surface area contributed by atoms with Crippen LogP contribution in [0.2, 0.25) is 0 Å². The number of carbonyl (C=O) groups excluding carboxylic acids is 2. The molecule has 4 rings (SSSR count). The van der Waals surface area contributed by atoms with Crippen molar-refractivity contribution in [2.45, 2.75) is 6.54 Å². The summed E-state index contributed by atoms with van der Waals surface area (Å²) in [5.74, 6) is -0.914. The third-order valence-electron chi connectivity index (χ3n) is 4.12. The van der Waals surface area contributed by atoms with E-state index in [-0.39, 0.29) is 23.8 Å².